The van der Waals surface area contributed by atoms with Crippen LogP contribution in [0.2, 0.25) is 0 Å². The number of hydrogen-bond donors (Lipinski definition) is 0. The number of hydrogen-bond acceptors (Lipinski definition) is 4. The third-order valence-corrected chi connectivity index (χ3v) is 11.0. The van der Waals surface area contributed by atoms with Gasteiger partial charge in [-0.1, -0.05) is 6.92 Å². The average molecular weight is 430 g/mol. The van der Waals surface area contributed by atoms with Crippen molar-refractivity contribution in [1.82, 2.24) is 19.9 Å². The lowest BCUT2D eigenvalue weighted by atomic mass is 10.4. The van der Waals surface area contributed by atoms with Gasteiger partial charge in [-0.05, 0) is 104 Å². The summed E-state index contributed by atoms with van der Waals surface area (Å²) in [7, 11) is -1.03. The molecule has 4 heterocycles. The first-order valence-corrected chi connectivity index (χ1v) is 13.0. The molecule has 0 amide bonds. The summed E-state index contributed by atoms with van der Waals surface area (Å²) in [5.74, 6) is 0. The lowest BCUT2D eigenvalue weighted by molar-refractivity contribution is 0.906. The fraction of sp³-hybridized carbons (Fsp3) is 0.167. The second-order valence-electron chi connectivity index (χ2n) is 6.86. The Labute approximate surface area is 180 Å². The summed E-state index contributed by atoms with van der Waals surface area (Å²) < 4.78 is 0. The molecule has 4 nitrogen and oxygen atoms in total. The van der Waals surface area contributed by atoms with E-state index in [1.807, 2.05) is 49.6 Å². The second kappa shape index (κ2) is 10.5. The van der Waals surface area contributed by atoms with E-state index in [2.05, 4.69) is 75.4 Å². The van der Waals surface area contributed by atoms with E-state index in [1.165, 1.54) is 21.2 Å². The van der Waals surface area contributed by atoms with Gasteiger partial charge in [0.25, 0.3) is 0 Å². The Morgan fingerprint density at radius 3 is 1.23 bits per heavy atom. The Kier molecular flexibility index (Phi) is 7.24. The van der Waals surface area contributed by atoms with Crippen molar-refractivity contribution in [2.75, 3.05) is 6.16 Å². The van der Waals surface area contributed by atoms with Crippen molar-refractivity contribution in [3.8, 4) is 0 Å². The van der Waals surface area contributed by atoms with Gasteiger partial charge < -0.3 is 0 Å². The SMILES string of the molecule is CCC(CP(c1ccncc1)c1ccncc1)P(c1ccncc1)c1ccncc1. The Morgan fingerprint density at radius 1 is 0.567 bits per heavy atom. The molecule has 150 valence electrons. The molecule has 1 atom stereocenters. The maximum atomic E-state index is 4.25. The Morgan fingerprint density at radius 2 is 0.900 bits per heavy atom. The van der Waals surface area contributed by atoms with Gasteiger partial charge >= 0.3 is 0 Å². The van der Waals surface area contributed by atoms with Gasteiger partial charge in [0.05, 0.1) is 0 Å². The summed E-state index contributed by atoms with van der Waals surface area (Å²) >= 11 is 0. The molecule has 0 bridgehead atoms. The topological polar surface area (TPSA) is 51.6 Å². The quantitative estimate of drug-likeness (QED) is 0.401. The molecule has 0 aliphatic carbocycles. The Bertz CT molecular complexity index is 939. The highest BCUT2D eigenvalue weighted by Crippen LogP contribution is 2.47. The van der Waals surface area contributed by atoms with Crippen LogP contribution in [0.25, 0.3) is 0 Å². The first-order chi connectivity index (χ1) is 14.9. The maximum absolute atomic E-state index is 4.25. The first kappa shape index (κ1) is 20.7. The van der Waals surface area contributed by atoms with Gasteiger partial charge in [-0.3, -0.25) is 19.9 Å². The molecule has 0 saturated heterocycles. The van der Waals surface area contributed by atoms with Crippen LogP contribution in [0.4, 0.5) is 0 Å². The number of nitrogens with zero attached hydrogens (tertiary/aromatic N) is 4. The standard InChI is InChI=1S/C24H24N4P2/c1-2-20(30(23-7-15-27-16-8-23)24-9-17-28-18-10-24)19-29(21-3-11-25-12-4-21)22-5-13-26-14-6-22/h3-18,20H,2,19H2,1H3. The summed E-state index contributed by atoms with van der Waals surface area (Å²) in [5, 5.41) is 5.48. The van der Waals surface area contributed by atoms with E-state index in [4.69, 9.17) is 0 Å². The molecule has 0 radical (unpaired) electrons. The zero-order valence-electron chi connectivity index (χ0n) is 16.9. The monoisotopic (exact) mass is 430 g/mol. The number of aromatic nitrogens is 4. The van der Waals surface area contributed by atoms with Crippen LogP contribution in [0.1, 0.15) is 13.3 Å². The Balaban J connectivity index is 1.74. The highest BCUT2D eigenvalue weighted by atomic mass is 31.1. The van der Waals surface area contributed by atoms with Crippen LogP contribution in [0.5, 0.6) is 0 Å². The molecule has 0 saturated carbocycles. The predicted molar refractivity (Wildman–Crippen MR) is 128 cm³/mol. The molecule has 0 aromatic carbocycles. The molecule has 0 N–H and O–H groups in total. The minimum absolute atomic E-state index is 0.504. The van der Waals surface area contributed by atoms with Crippen LogP contribution in [0.15, 0.2) is 98.1 Å². The predicted octanol–water partition coefficient (Wildman–Crippen LogP) is 3.61. The van der Waals surface area contributed by atoms with Gasteiger partial charge in [0.2, 0.25) is 0 Å². The van der Waals surface area contributed by atoms with Gasteiger partial charge in [0, 0.05) is 49.6 Å². The minimum Gasteiger partial charge on any atom is -0.265 e. The van der Waals surface area contributed by atoms with Gasteiger partial charge in [-0.2, -0.15) is 0 Å². The van der Waals surface area contributed by atoms with Crippen molar-refractivity contribution in [2.45, 2.75) is 19.0 Å². The van der Waals surface area contributed by atoms with E-state index < -0.39 is 15.8 Å². The molecule has 4 aromatic rings. The van der Waals surface area contributed by atoms with Crippen molar-refractivity contribution in [3.05, 3.63) is 98.1 Å². The highest BCUT2D eigenvalue weighted by molar-refractivity contribution is 7.77. The van der Waals surface area contributed by atoms with Gasteiger partial charge in [-0.15, -0.1) is 0 Å². The van der Waals surface area contributed by atoms with E-state index in [0.29, 0.717) is 5.66 Å². The van der Waals surface area contributed by atoms with E-state index >= 15 is 0 Å². The lowest BCUT2D eigenvalue weighted by Gasteiger charge is -2.31. The van der Waals surface area contributed by atoms with E-state index in [0.717, 1.165) is 12.6 Å². The van der Waals surface area contributed by atoms with Gasteiger partial charge in [0.15, 0.2) is 0 Å². The first-order valence-electron chi connectivity index (χ1n) is 10.0. The van der Waals surface area contributed by atoms with E-state index in [-0.39, 0.29) is 0 Å². The van der Waals surface area contributed by atoms with Crippen LogP contribution in [-0.2, 0) is 0 Å². The molecule has 0 aliphatic rings. The van der Waals surface area contributed by atoms with Crippen molar-refractivity contribution in [3.63, 3.8) is 0 Å². The zero-order chi connectivity index (χ0) is 20.6. The third kappa shape index (κ3) is 4.95. The smallest absolute Gasteiger partial charge is 0.0274 e. The minimum atomic E-state index is -0.523. The molecular weight excluding hydrogens is 406 g/mol. The molecule has 1 unspecified atom stereocenters. The summed E-state index contributed by atoms with van der Waals surface area (Å²) in [6, 6.07) is 17.4. The van der Waals surface area contributed by atoms with Crippen molar-refractivity contribution in [2.24, 2.45) is 0 Å². The second-order valence-corrected chi connectivity index (χ2v) is 11.6. The van der Waals surface area contributed by atoms with Crippen molar-refractivity contribution < 1.29 is 0 Å². The van der Waals surface area contributed by atoms with Crippen LogP contribution in [-0.4, -0.2) is 31.8 Å². The number of rotatable bonds is 8. The molecule has 4 rings (SSSR count). The molecule has 6 heteroatoms. The van der Waals surface area contributed by atoms with Crippen LogP contribution in [0, 0.1) is 0 Å². The molecule has 0 spiro atoms. The largest absolute Gasteiger partial charge is 0.265 e. The van der Waals surface area contributed by atoms with Crippen LogP contribution < -0.4 is 21.2 Å². The van der Waals surface area contributed by atoms with Crippen LogP contribution in [0.3, 0.4) is 0 Å². The average Bonchev–Trinajstić information content (AvgIpc) is 2.84. The summed E-state index contributed by atoms with van der Waals surface area (Å²) in [4.78, 5) is 17.0. The summed E-state index contributed by atoms with van der Waals surface area (Å²) in [6.07, 6.45) is 17.5. The fourth-order valence-corrected chi connectivity index (χ4v) is 9.54. The molecule has 0 fully saturated rings. The molecule has 0 aliphatic heterocycles. The summed E-state index contributed by atoms with van der Waals surface area (Å²) in [5.41, 5.74) is 0.539. The molecular formula is C24H24N4P2. The summed E-state index contributed by atoms with van der Waals surface area (Å²) in [6.45, 7) is 2.31. The maximum Gasteiger partial charge on any atom is 0.0274 e. The lowest BCUT2D eigenvalue weighted by Crippen LogP contribution is -2.27. The van der Waals surface area contributed by atoms with Gasteiger partial charge in [-0.25, -0.2) is 0 Å². The Hall–Kier alpha value is -2.54. The number of pyridine rings is 4. The normalized spacial score (nSPS) is 12.2. The van der Waals surface area contributed by atoms with Crippen molar-refractivity contribution in [1.29, 1.82) is 0 Å². The highest BCUT2D eigenvalue weighted by Gasteiger charge is 2.27. The zero-order valence-corrected chi connectivity index (χ0v) is 18.7. The van der Waals surface area contributed by atoms with Crippen LogP contribution >= 0.6 is 15.8 Å². The molecule has 4 aromatic heterocycles. The van der Waals surface area contributed by atoms with Gasteiger partial charge in [0.1, 0.15) is 0 Å². The van der Waals surface area contributed by atoms with Crippen molar-refractivity contribution >= 4 is 37.1 Å². The third-order valence-electron chi connectivity index (χ3n) is 5.06. The van der Waals surface area contributed by atoms with E-state index in [9.17, 15) is 0 Å². The fourth-order valence-electron chi connectivity index (χ4n) is 3.59. The molecule has 30 heavy (non-hydrogen) atoms. The van der Waals surface area contributed by atoms with E-state index in [1.54, 1.807) is 0 Å².